The van der Waals surface area contributed by atoms with E-state index in [0.717, 1.165) is 37.9 Å². The molecule has 4 nitrogen and oxygen atoms in total. The molecule has 0 saturated heterocycles. The monoisotopic (exact) mass is 310 g/mol. The predicted molar refractivity (Wildman–Crippen MR) is 87.4 cm³/mol. The summed E-state index contributed by atoms with van der Waals surface area (Å²) in [5.74, 6) is 0.143. The lowest BCUT2D eigenvalue weighted by Crippen LogP contribution is -2.40. The molecule has 5 heteroatoms. The van der Waals surface area contributed by atoms with E-state index >= 15 is 0 Å². The van der Waals surface area contributed by atoms with Crippen molar-refractivity contribution in [1.29, 1.82) is 0 Å². The third-order valence-corrected chi connectivity index (χ3v) is 6.18. The van der Waals surface area contributed by atoms with E-state index in [-0.39, 0.29) is 5.75 Å². The van der Waals surface area contributed by atoms with Gasteiger partial charge in [-0.1, -0.05) is 6.92 Å². The first-order chi connectivity index (χ1) is 9.97. The highest BCUT2D eigenvalue weighted by Gasteiger charge is 2.23. The lowest BCUT2D eigenvalue weighted by Gasteiger charge is -2.37. The Bertz CT molecular complexity index is 546. The van der Waals surface area contributed by atoms with E-state index in [1.807, 2.05) is 12.1 Å². The van der Waals surface area contributed by atoms with Crippen LogP contribution >= 0.6 is 0 Å². The zero-order chi connectivity index (χ0) is 15.5. The summed E-state index contributed by atoms with van der Waals surface area (Å²) in [6, 6.07) is 8.18. The van der Waals surface area contributed by atoms with Gasteiger partial charge in [0.2, 0.25) is 0 Å². The largest absolute Gasteiger partial charge is 0.369 e. The van der Waals surface area contributed by atoms with E-state index in [9.17, 15) is 8.42 Å². The smallest absolute Gasteiger partial charge is 0.178 e. The number of benzene rings is 1. The van der Waals surface area contributed by atoms with Gasteiger partial charge in [-0.25, -0.2) is 8.42 Å². The number of anilines is 1. The van der Waals surface area contributed by atoms with Crippen LogP contribution in [0.25, 0.3) is 0 Å². The molecular weight excluding hydrogens is 284 g/mol. The Labute approximate surface area is 128 Å². The average Bonchev–Trinajstić information content (AvgIpc) is 2.50. The van der Waals surface area contributed by atoms with Gasteiger partial charge in [0, 0.05) is 24.3 Å². The van der Waals surface area contributed by atoms with Crippen molar-refractivity contribution in [2.45, 2.75) is 56.5 Å². The van der Waals surface area contributed by atoms with Gasteiger partial charge < -0.3 is 10.6 Å². The van der Waals surface area contributed by atoms with E-state index in [1.54, 1.807) is 19.1 Å². The average molecular weight is 310 g/mol. The van der Waals surface area contributed by atoms with Gasteiger partial charge in [-0.3, -0.25) is 0 Å². The fourth-order valence-electron chi connectivity index (χ4n) is 3.08. The van der Waals surface area contributed by atoms with Crippen LogP contribution in [0.2, 0.25) is 0 Å². The normalized spacial score (nSPS) is 23.0. The van der Waals surface area contributed by atoms with Gasteiger partial charge in [0.1, 0.15) is 0 Å². The summed E-state index contributed by atoms with van der Waals surface area (Å²) < 4.78 is 23.7. The summed E-state index contributed by atoms with van der Waals surface area (Å²) in [7, 11) is -3.11. The van der Waals surface area contributed by atoms with E-state index in [1.165, 1.54) is 0 Å². The third-order valence-electron chi connectivity index (χ3n) is 4.43. The molecule has 1 aromatic rings. The number of sulfone groups is 1. The highest BCUT2D eigenvalue weighted by atomic mass is 32.2. The highest BCUT2D eigenvalue weighted by Crippen LogP contribution is 2.27. The zero-order valence-corrected chi connectivity index (χ0v) is 13.8. The molecule has 0 radical (unpaired) electrons. The molecule has 1 aliphatic rings. The second kappa shape index (κ2) is 6.79. The Kier molecular flexibility index (Phi) is 5.27. The lowest BCUT2D eigenvalue weighted by molar-refractivity contribution is 0.378. The Hall–Kier alpha value is -1.07. The number of rotatable bonds is 5. The molecule has 2 rings (SSSR count). The Morgan fingerprint density at radius 1 is 1.10 bits per heavy atom. The van der Waals surface area contributed by atoms with E-state index in [2.05, 4.69) is 11.8 Å². The van der Waals surface area contributed by atoms with Crippen molar-refractivity contribution >= 4 is 15.5 Å². The Morgan fingerprint density at radius 2 is 1.67 bits per heavy atom. The fourth-order valence-corrected chi connectivity index (χ4v) is 3.96. The Balaban J connectivity index is 2.16. The van der Waals surface area contributed by atoms with E-state index < -0.39 is 9.84 Å². The molecule has 0 aliphatic heterocycles. The minimum atomic E-state index is -3.11. The molecular formula is C16H26N2O2S. The standard InChI is InChI=1S/C16H26N2O2S/c1-3-18(14-7-5-13(17)6-8-14)15-9-11-16(12-10-15)21(19,20)4-2/h9-14H,3-8,17H2,1-2H3. The van der Waals surface area contributed by atoms with Gasteiger partial charge in [-0.05, 0) is 56.9 Å². The molecule has 0 atom stereocenters. The molecule has 1 aliphatic carbocycles. The third kappa shape index (κ3) is 3.77. The predicted octanol–water partition coefficient (Wildman–Crippen LogP) is 2.58. The molecule has 2 N–H and O–H groups in total. The molecule has 0 unspecified atom stereocenters. The molecule has 21 heavy (non-hydrogen) atoms. The fraction of sp³-hybridized carbons (Fsp3) is 0.625. The van der Waals surface area contributed by atoms with Crippen LogP contribution in [0.1, 0.15) is 39.5 Å². The van der Waals surface area contributed by atoms with Crippen molar-refractivity contribution in [2.24, 2.45) is 5.73 Å². The van der Waals surface area contributed by atoms with Crippen LogP contribution in [0.3, 0.4) is 0 Å². The van der Waals surface area contributed by atoms with Crippen molar-refractivity contribution in [3.05, 3.63) is 24.3 Å². The maximum Gasteiger partial charge on any atom is 0.178 e. The maximum atomic E-state index is 11.9. The van der Waals surface area contributed by atoms with Gasteiger partial charge >= 0.3 is 0 Å². The van der Waals surface area contributed by atoms with Crippen LogP contribution in [0.15, 0.2) is 29.2 Å². The summed E-state index contributed by atoms with van der Waals surface area (Å²) >= 11 is 0. The molecule has 1 aromatic carbocycles. The number of hydrogen-bond donors (Lipinski definition) is 1. The van der Waals surface area contributed by atoms with Crippen LogP contribution in [0.5, 0.6) is 0 Å². The summed E-state index contributed by atoms with van der Waals surface area (Å²) in [5.41, 5.74) is 7.08. The minimum Gasteiger partial charge on any atom is -0.369 e. The molecule has 1 fully saturated rings. The summed E-state index contributed by atoms with van der Waals surface area (Å²) in [4.78, 5) is 2.78. The molecule has 0 heterocycles. The number of nitrogens with two attached hydrogens (primary N) is 1. The second-order valence-corrected chi connectivity index (χ2v) is 8.03. The van der Waals surface area contributed by atoms with Crippen LogP contribution < -0.4 is 10.6 Å². The molecule has 1 saturated carbocycles. The zero-order valence-electron chi connectivity index (χ0n) is 13.0. The summed E-state index contributed by atoms with van der Waals surface area (Å²) in [5, 5.41) is 0. The first-order valence-corrected chi connectivity index (χ1v) is 9.48. The minimum absolute atomic E-state index is 0.143. The van der Waals surface area contributed by atoms with Crippen molar-refractivity contribution in [3.63, 3.8) is 0 Å². The van der Waals surface area contributed by atoms with Crippen molar-refractivity contribution in [1.82, 2.24) is 0 Å². The summed E-state index contributed by atoms with van der Waals surface area (Å²) in [6.07, 6.45) is 4.38. The first kappa shape index (κ1) is 16.3. The SMILES string of the molecule is CCN(c1ccc(S(=O)(=O)CC)cc1)C1CCC(N)CC1. The van der Waals surface area contributed by atoms with Gasteiger partial charge in [0.25, 0.3) is 0 Å². The lowest BCUT2D eigenvalue weighted by atomic mass is 9.90. The van der Waals surface area contributed by atoms with Gasteiger partial charge in [0.05, 0.1) is 10.6 Å². The van der Waals surface area contributed by atoms with Crippen LogP contribution in [0, 0.1) is 0 Å². The molecule has 0 bridgehead atoms. The van der Waals surface area contributed by atoms with Crippen LogP contribution in [0.4, 0.5) is 5.69 Å². The topological polar surface area (TPSA) is 63.4 Å². The van der Waals surface area contributed by atoms with Crippen molar-refractivity contribution in [2.75, 3.05) is 17.2 Å². The second-order valence-electron chi connectivity index (χ2n) is 5.75. The molecule has 118 valence electrons. The van der Waals surface area contributed by atoms with Crippen molar-refractivity contribution < 1.29 is 8.42 Å². The first-order valence-electron chi connectivity index (χ1n) is 7.83. The molecule has 0 aromatic heterocycles. The van der Waals surface area contributed by atoms with Crippen molar-refractivity contribution in [3.8, 4) is 0 Å². The van der Waals surface area contributed by atoms with Gasteiger partial charge in [-0.2, -0.15) is 0 Å². The molecule has 0 spiro atoms. The number of hydrogen-bond acceptors (Lipinski definition) is 4. The number of nitrogens with zero attached hydrogens (tertiary/aromatic N) is 1. The molecule has 0 amide bonds. The van der Waals surface area contributed by atoms with E-state index in [0.29, 0.717) is 17.0 Å². The van der Waals surface area contributed by atoms with E-state index in [4.69, 9.17) is 5.73 Å². The maximum absolute atomic E-state index is 11.9. The highest BCUT2D eigenvalue weighted by molar-refractivity contribution is 7.91. The van der Waals surface area contributed by atoms with Crippen LogP contribution in [-0.4, -0.2) is 32.8 Å². The Morgan fingerprint density at radius 3 is 2.14 bits per heavy atom. The van der Waals surface area contributed by atoms with Gasteiger partial charge in [0.15, 0.2) is 9.84 Å². The quantitative estimate of drug-likeness (QED) is 0.908. The van der Waals surface area contributed by atoms with Crippen LogP contribution in [-0.2, 0) is 9.84 Å². The van der Waals surface area contributed by atoms with Gasteiger partial charge in [-0.15, -0.1) is 0 Å². The summed E-state index contributed by atoms with van der Waals surface area (Å²) in [6.45, 7) is 4.75.